The SMILES string of the molecule is CC(C)(C)c1cccc(OS(=O)(=O)c2ccc(C(N)=O)cc2)c1. The summed E-state index contributed by atoms with van der Waals surface area (Å²) in [5, 5.41) is 0. The van der Waals surface area contributed by atoms with E-state index >= 15 is 0 Å². The fourth-order valence-electron chi connectivity index (χ4n) is 1.98. The molecule has 0 radical (unpaired) electrons. The van der Waals surface area contributed by atoms with Gasteiger partial charge < -0.3 is 9.92 Å². The van der Waals surface area contributed by atoms with Crippen LogP contribution >= 0.6 is 0 Å². The van der Waals surface area contributed by atoms with Crippen molar-refractivity contribution in [1.29, 1.82) is 0 Å². The smallest absolute Gasteiger partial charge is 0.339 e. The van der Waals surface area contributed by atoms with Gasteiger partial charge >= 0.3 is 10.1 Å². The molecule has 2 N–H and O–H groups in total. The first-order valence-corrected chi connectivity index (χ1v) is 8.45. The van der Waals surface area contributed by atoms with Crippen molar-refractivity contribution in [3.8, 4) is 5.75 Å². The highest BCUT2D eigenvalue weighted by Crippen LogP contribution is 2.27. The van der Waals surface area contributed by atoms with Crippen LogP contribution in [0.15, 0.2) is 53.4 Å². The predicted molar refractivity (Wildman–Crippen MR) is 87.9 cm³/mol. The molecule has 0 aliphatic rings. The van der Waals surface area contributed by atoms with E-state index in [1.54, 1.807) is 18.2 Å². The summed E-state index contributed by atoms with van der Waals surface area (Å²) in [6.07, 6.45) is 0. The summed E-state index contributed by atoms with van der Waals surface area (Å²) < 4.78 is 29.8. The first-order valence-electron chi connectivity index (χ1n) is 7.04. The maximum absolute atomic E-state index is 12.3. The summed E-state index contributed by atoms with van der Waals surface area (Å²) in [5.41, 5.74) is 6.22. The van der Waals surface area contributed by atoms with Crippen molar-refractivity contribution in [3.05, 3.63) is 59.7 Å². The van der Waals surface area contributed by atoms with Gasteiger partial charge in [-0.2, -0.15) is 8.42 Å². The summed E-state index contributed by atoms with van der Waals surface area (Å²) in [5.74, 6) is -0.371. The van der Waals surface area contributed by atoms with E-state index < -0.39 is 16.0 Å². The van der Waals surface area contributed by atoms with Crippen LogP contribution in [-0.4, -0.2) is 14.3 Å². The molecule has 0 unspecified atom stereocenters. The predicted octanol–water partition coefficient (Wildman–Crippen LogP) is 2.85. The number of primary amides is 1. The maximum atomic E-state index is 12.3. The number of rotatable bonds is 4. The topological polar surface area (TPSA) is 86.5 Å². The van der Waals surface area contributed by atoms with Gasteiger partial charge in [-0.3, -0.25) is 4.79 Å². The molecule has 0 fully saturated rings. The van der Waals surface area contributed by atoms with E-state index in [1.165, 1.54) is 24.3 Å². The van der Waals surface area contributed by atoms with Gasteiger partial charge in [0.15, 0.2) is 0 Å². The Balaban J connectivity index is 2.29. The minimum absolute atomic E-state index is 0.0383. The van der Waals surface area contributed by atoms with Gasteiger partial charge in [-0.1, -0.05) is 32.9 Å². The van der Waals surface area contributed by atoms with E-state index in [2.05, 4.69) is 0 Å². The van der Waals surface area contributed by atoms with Crippen molar-refractivity contribution in [2.24, 2.45) is 5.73 Å². The lowest BCUT2D eigenvalue weighted by atomic mass is 9.87. The van der Waals surface area contributed by atoms with Gasteiger partial charge in [0.2, 0.25) is 5.91 Å². The van der Waals surface area contributed by atoms with E-state index in [4.69, 9.17) is 9.92 Å². The number of benzene rings is 2. The molecule has 0 aromatic heterocycles. The van der Waals surface area contributed by atoms with Crippen LogP contribution in [0.1, 0.15) is 36.7 Å². The molecule has 2 aromatic rings. The Morgan fingerprint density at radius 1 is 1.04 bits per heavy atom. The number of hydrogen-bond acceptors (Lipinski definition) is 4. The van der Waals surface area contributed by atoms with Crippen molar-refractivity contribution < 1.29 is 17.4 Å². The largest absolute Gasteiger partial charge is 0.379 e. The second-order valence-corrected chi connectivity index (χ2v) is 7.75. The molecule has 0 heterocycles. The molecule has 2 rings (SSSR count). The lowest BCUT2D eigenvalue weighted by Gasteiger charge is -2.19. The molecule has 0 saturated heterocycles. The van der Waals surface area contributed by atoms with Crippen LogP contribution in [0.2, 0.25) is 0 Å². The van der Waals surface area contributed by atoms with Crippen molar-refractivity contribution in [2.45, 2.75) is 31.1 Å². The number of carbonyl (C=O) groups is 1. The first kappa shape index (κ1) is 17.0. The van der Waals surface area contributed by atoms with Crippen LogP contribution in [0.3, 0.4) is 0 Å². The molecule has 5 nitrogen and oxygen atoms in total. The summed E-state index contributed by atoms with van der Waals surface area (Å²) in [6.45, 7) is 6.09. The average molecular weight is 333 g/mol. The van der Waals surface area contributed by atoms with Gasteiger partial charge in [-0.15, -0.1) is 0 Å². The molecule has 2 aromatic carbocycles. The molecule has 0 aliphatic carbocycles. The van der Waals surface area contributed by atoms with Crippen LogP contribution in [0, 0.1) is 0 Å². The second kappa shape index (κ2) is 6.04. The zero-order valence-corrected chi connectivity index (χ0v) is 14.1. The van der Waals surface area contributed by atoms with Crippen molar-refractivity contribution in [3.63, 3.8) is 0 Å². The van der Waals surface area contributed by atoms with Gasteiger partial charge in [0.05, 0.1) is 0 Å². The van der Waals surface area contributed by atoms with E-state index in [-0.39, 0.29) is 21.6 Å². The van der Waals surface area contributed by atoms with E-state index in [9.17, 15) is 13.2 Å². The molecule has 0 saturated carbocycles. The van der Waals surface area contributed by atoms with Crippen LogP contribution in [0.4, 0.5) is 0 Å². The second-order valence-electron chi connectivity index (χ2n) is 6.20. The number of carbonyl (C=O) groups excluding carboxylic acids is 1. The molecule has 1 amide bonds. The Labute approximate surface area is 136 Å². The monoisotopic (exact) mass is 333 g/mol. The molecule has 122 valence electrons. The van der Waals surface area contributed by atoms with Gasteiger partial charge in [0.1, 0.15) is 10.6 Å². The third kappa shape index (κ3) is 4.10. The Morgan fingerprint density at radius 2 is 1.65 bits per heavy atom. The minimum atomic E-state index is -3.97. The zero-order valence-electron chi connectivity index (χ0n) is 13.2. The van der Waals surface area contributed by atoms with Crippen molar-refractivity contribution >= 4 is 16.0 Å². The fraction of sp³-hybridized carbons (Fsp3) is 0.235. The molecule has 0 atom stereocenters. The molecule has 23 heavy (non-hydrogen) atoms. The molecule has 0 aliphatic heterocycles. The van der Waals surface area contributed by atoms with Crippen LogP contribution in [-0.2, 0) is 15.5 Å². The molecular formula is C17H19NO4S. The normalized spacial score (nSPS) is 12.0. The van der Waals surface area contributed by atoms with Crippen LogP contribution in [0.25, 0.3) is 0 Å². The lowest BCUT2D eigenvalue weighted by molar-refractivity contribution is 0.1000. The van der Waals surface area contributed by atoms with Crippen molar-refractivity contribution in [1.82, 2.24) is 0 Å². The number of hydrogen-bond donors (Lipinski definition) is 1. The highest BCUT2D eigenvalue weighted by molar-refractivity contribution is 7.87. The highest BCUT2D eigenvalue weighted by Gasteiger charge is 2.19. The summed E-state index contributed by atoms with van der Waals surface area (Å²) >= 11 is 0. The van der Waals surface area contributed by atoms with E-state index in [0.29, 0.717) is 0 Å². The Bertz CT molecular complexity index is 818. The molecule has 0 bridgehead atoms. The summed E-state index contributed by atoms with van der Waals surface area (Å²) in [6, 6.07) is 12.3. The van der Waals surface area contributed by atoms with Crippen molar-refractivity contribution in [2.75, 3.05) is 0 Å². The van der Waals surface area contributed by atoms with Gasteiger partial charge in [0, 0.05) is 5.56 Å². The Kier molecular flexibility index (Phi) is 4.47. The van der Waals surface area contributed by atoms with Gasteiger partial charge in [-0.25, -0.2) is 0 Å². The standard InChI is InChI=1S/C17H19NO4S/c1-17(2,3)13-5-4-6-14(11-13)22-23(20,21)15-9-7-12(8-10-15)16(18)19/h4-11H,1-3H3,(H2,18,19). The highest BCUT2D eigenvalue weighted by atomic mass is 32.2. The summed E-state index contributed by atoms with van der Waals surface area (Å²) in [7, 11) is -3.97. The van der Waals surface area contributed by atoms with Gasteiger partial charge in [0.25, 0.3) is 0 Å². The maximum Gasteiger partial charge on any atom is 0.339 e. The zero-order chi connectivity index (χ0) is 17.3. The Morgan fingerprint density at radius 3 is 2.17 bits per heavy atom. The Hall–Kier alpha value is -2.34. The molecule has 0 spiro atoms. The van der Waals surface area contributed by atoms with Gasteiger partial charge in [-0.05, 0) is 47.4 Å². The quantitative estimate of drug-likeness (QED) is 0.872. The number of nitrogens with two attached hydrogens (primary N) is 1. The van der Waals surface area contributed by atoms with E-state index in [1.807, 2.05) is 26.8 Å². The first-order chi connectivity index (χ1) is 10.6. The third-order valence-electron chi connectivity index (χ3n) is 3.33. The number of amides is 1. The molecular weight excluding hydrogens is 314 g/mol. The average Bonchev–Trinajstić information content (AvgIpc) is 2.46. The summed E-state index contributed by atoms with van der Waals surface area (Å²) in [4.78, 5) is 11.0. The fourth-order valence-corrected chi connectivity index (χ4v) is 2.90. The van der Waals surface area contributed by atoms with E-state index in [0.717, 1.165) is 5.56 Å². The van der Waals surface area contributed by atoms with Crippen LogP contribution in [0.5, 0.6) is 5.75 Å². The third-order valence-corrected chi connectivity index (χ3v) is 4.59. The molecule has 6 heteroatoms. The van der Waals surface area contributed by atoms with Crippen LogP contribution < -0.4 is 9.92 Å². The lowest BCUT2D eigenvalue weighted by Crippen LogP contribution is -2.14. The minimum Gasteiger partial charge on any atom is -0.379 e.